The number of benzene rings is 2. The fourth-order valence-corrected chi connectivity index (χ4v) is 5.74. The Morgan fingerprint density at radius 1 is 0.969 bits per heavy atom. The first-order valence-corrected chi connectivity index (χ1v) is 12.0. The summed E-state index contributed by atoms with van der Waals surface area (Å²) in [6, 6.07) is 12.8. The van der Waals surface area contributed by atoms with Crippen LogP contribution in [0, 0.1) is 20.8 Å². The smallest absolute Gasteiger partial charge is 0.255 e. The van der Waals surface area contributed by atoms with Gasteiger partial charge in [0.05, 0.1) is 28.8 Å². The molecule has 0 atom stereocenters. The van der Waals surface area contributed by atoms with Crippen LogP contribution >= 0.6 is 0 Å². The van der Waals surface area contributed by atoms with E-state index in [2.05, 4.69) is 4.98 Å². The maximum absolute atomic E-state index is 13.2. The molecule has 2 heterocycles. The summed E-state index contributed by atoms with van der Waals surface area (Å²) < 4.78 is 33.0. The van der Waals surface area contributed by atoms with Crippen LogP contribution in [-0.2, 0) is 10.0 Å². The monoisotopic (exact) mass is 453 g/mol. The lowest BCUT2D eigenvalue weighted by Gasteiger charge is -2.34. The second-order valence-corrected chi connectivity index (χ2v) is 10.1. The summed E-state index contributed by atoms with van der Waals surface area (Å²) in [6.45, 7) is 6.69. The zero-order valence-corrected chi connectivity index (χ0v) is 19.6. The highest BCUT2D eigenvalue weighted by molar-refractivity contribution is 7.89. The summed E-state index contributed by atoms with van der Waals surface area (Å²) in [6.07, 6.45) is 0. The first kappa shape index (κ1) is 22.2. The standard InChI is InChI=1S/C24H27N3O4S/c1-16-5-6-17(2)23(13-16)32(29,30)27-11-9-26(10-12-27)24(28)21-14-19-7-8-20(31-4)15-22(19)25-18(21)3/h5-8,13-15H,9-12H2,1-4H3. The summed E-state index contributed by atoms with van der Waals surface area (Å²) in [4.78, 5) is 19.8. The van der Waals surface area contributed by atoms with Gasteiger partial charge in [0.25, 0.3) is 5.91 Å². The van der Waals surface area contributed by atoms with Gasteiger partial charge >= 0.3 is 0 Å². The van der Waals surface area contributed by atoms with Crippen LogP contribution in [0.15, 0.2) is 47.4 Å². The van der Waals surface area contributed by atoms with Gasteiger partial charge in [-0.3, -0.25) is 9.78 Å². The average molecular weight is 454 g/mol. The maximum Gasteiger partial charge on any atom is 0.255 e. The molecular weight excluding hydrogens is 426 g/mol. The number of piperazine rings is 1. The van der Waals surface area contributed by atoms with E-state index < -0.39 is 10.0 Å². The van der Waals surface area contributed by atoms with Gasteiger partial charge < -0.3 is 9.64 Å². The number of carbonyl (C=O) groups excluding carboxylic acids is 1. The average Bonchev–Trinajstić information content (AvgIpc) is 2.79. The Balaban J connectivity index is 1.52. The Morgan fingerprint density at radius 2 is 1.69 bits per heavy atom. The molecule has 4 rings (SSSR count). The predicted molar refractivity (Wildman–Crippen MR) is 124 cm³/mol. The van der Waals surface area contributed by atoms with Crippen LogP contribution in [0.1, 0.15) is 27.2 Å². The Bertz CT molecular complexity index is 1300. The van der Waals surface area contributed by atoms with Crippen LogP contribution in [-0.4, -0.2) is 61.8 Å². The van der Waals surface area contributed by atoms with Crippen molar-refractivity contribution in [2.45, 2.75) is 25.7 Å². The molecule has 0 N–H and O–H groups in total. The first-order chi connectivity index (χ1) is 15.2. The molecule has 2 aromatic carbocycles. The molecule has 0 aliphatic carbocycles. The van der Waals surface area contributed by atoms with Crippen LogP contribution in [0.5, 0.6) is 5.75 Å². The van der Waals surface area contributed by atoms with Gasteiger partial charge in [0.15, 0.2) is 0 Å². The summed E-state index contributed by atoms with van der Waals surface area (Å²) in [5.74, 6) is 0.584. The molecule has 7 nitrogen and oxygen atoms in total. The van der Waals surface area contributed by atoms with E-state index in [9.17, 15) is 13.2 Å². The molecule has 0 saturated carbocycles. The molecule has 0 spiro atoms. The molecule has 168 valence electrons. The molecule has 0 unspecified atom stereocenters. The highest BCUT2D eigenvalue weighted by Crippen LogP contribution is 2.25. The lowest BCUT2D eigenvalue weighted by Crippen LogP contribution is -2.50. The number of aromatic nitrogens is 1. The topological polar surface area (TPSA) is 79.8 Å². The van der Waals surface area contributed by atoms with Crippen molar-refractivity contribution in [1.29, 1.82) is 0 Å². The lowest BCUT2D eigenvalue weighted by molar-refractivity contribution is 0.0697. The molecule has 1 aliphatic heterocycles. The van der Waals surface area contributed by atoms with Crippen molar-refractivity contribution in [3.63, 3.8) is 0 Å². The van der Waals surface area contributed by atoms with Crippen molar-refractivity contribution in [3.05, 3.63) is 64.8 Å². The second-order valence-electron chi connectivity index (χ2n) is 8.15. The molecule has 1 fully saturated rings. The second kappa shape index (κ2) is 8.52. The van der Waals surface area contributed by atoms with Crippen molar-refractivity contribution >= 4 is 26.8 Å². The van der Waals surface area contributed by atoms with E-state index in [0.717, 1.165) is 22.0 Å². The summed E-state index contributed by atoms with van der Waals surface area (Å²) in [5.41, 5.74) is 3.57. The van der Waals surface area contributed by atoms with Crippen LogP contribution in [0.4, 0.5) is 0 Å². The number of amides is 1. The number of aryl methyl sites for hydroxylation is 3. The van der Waals surface area contributed by atoms with Gasteiger partial charge in [-0.15, -0.1) is 0 Å². The number of carbonyl (C=O) groups is 1. The molecule has 3 aromatic rings. The van der Waals surface area contributed by atoms with Crippen LogP contribution in [0.2, 0.25) is 0 Å². The Morgan fingerprint density at radius 3 is 2.38 bits per heavy atom. The van der Waals surface area contributed by atoms with Gasteiger partial charge in [-0.1, -0.05) is 12.1 Å². The number of hydrogen-bond donors (Lipinski definition) is 0. The molecule has 1 amide bonds. The fourth-order valence-electron chi connectivity index (χ4n) is 4.01. The number of hydrogen-bond acceptors (Lipinski definition) is 5. The number of rotatable bonds is 4. The molecule has 0 bridgehead atoms. The van der Waals surface area contributed by atoms with Crippen molar-refractivity contribution in [2.75, 3.05) is 33.3 Å². The van der Waals surface area contributed by atoms with Gasteiger partial charge in [-0.2, -0.15) is 4.31 Å². The van der Waals surface area contributed by atoms with Crippen molar-refractivity contribution in [1.82, 2.24) is 14.2 Å². The Labute approximate surface area is 188 Å². The maximum atomic E-state index is 13.2. The minimum absolute atomic E-state index is 0.128. The first-order valence-electron chi connectivity index (χ1n) is 10.5. The molecule has 1 saturated heterocycles. The largest absolute Gasteiger partial charge is 0.497 e. The van der Waals surface area contributed by atoms with E-state index in [1.54, 1.807) is 25.0 Å². The van der Waals surface area contributed by atoms with Crippen molar-refractivity contribution in [2.24, 2.45) is 0 Å². The zero-order valence-electron chi connectivity index (χ0n) is 18.8. The highest BCUT2D eigenvalue weighted by Gasteiger charge is 2.32. The van der Waals surface area contributed by atoms with Gasteiger partial charge in [-0.25, -0.2) is 8.42 Å². The number of fused-ring (bicyclic) bond motifs is 1. The van der Waals surface area contributed by atoms with E-state index in [4.69, 9.17) is 4.74 Å². The van der Waals surface area contributed by atoms with Crippen LogP contribution < -0.4 is 4.74 Å². The minimum atomic E-state index is -3.60. The minimum Gasteiger partial charge on any atom is -0.497 e. The molecule has 8 heteroatoms. The molecule has 32 heavy (non-hydrogen) atoms. The van der Waals surface area contributed by atoms with Crippen molar-refractivity contribution in [3.8, 4) is 5.75 Å². The normalized spacial score (nSPS) is 15.2. The number of nitrogens with zero attached hydrogens (tertiary/aromatic N) is 3. The molecule has 1 aromatic heterocycles. The van der Waals surface area contributed by atoms with Gasteiger partial charge in [-0.05, 0) is 56.2 Å². The van der Waals surface area contributed by atoms with Crippen LogP contribution in [0.25, 0.3) is 10.9 Å². The van der Waals surface area contributed by atoms with Gasteiger partial charge in [0.1, 0.15) is 5.75 Å². The van der Waals surface area contributed by atoms with Crippen LogP contribution in [0.3, 0.4) is 0 Å². The van der Waals surface area contributed by atoms with E-state index in [1.165, 1.54) is 4.31 Å². The SMILES string of the molecule is COc1ccc2cc(C(=O)N3CCN(S(=O)(=O)c4cc(C)ccc4C)CC3)c(C)nc2c1. The molecule has 0 radical (unpaired) electrons. The quantitative estimate of drug-likeness (QED) is 0.606. The Hall–Kier alpha value is -2.97. The third-order valence-corrected chi connectivity index (χ3v) is 7.97. The van der Waals surface area contributed by atoms with Gasteiger partial charge in [0, 0.05) is 37.6 Å². The third kappa shape index (κ3) is 4.08. The lowest BCUT2D eigenvalue weighted by atomic mass is 10.1. The van der Waals surface area contributed by atoms with E-state index in [0.29, 0.717) is 35.0 Å². The Kier molecular flexibility index (Phi) is 5.92. The van der Waals surface area contributed by atoms with E-state index in [1.807, 2.05) is 50.2 Å². The van der Waals surface area contributed by atoms with Gasteiger partial charge in [0.2, 0.25) is 10.0 Å². The number of methoxy groups -OCH3 is 1. The van der Waals surface area contributed by atoms with Crippen molar-refractivity contribution < 1.29 is 17.9 Å². The summed E-state index contributed by atoms with van der Waals surface area (Å²) in [5, 5.41) is 0.857. The number of pyridine rings is 1. The zero-order chi connectivity index (χ0) is 23.0. The fraction of sp³-hybridized carbons (Fsp3) is 0.333. The van der Waals surface area contributed by atoms with E-state index >= 15 is 0 Å². The van der Waals surface area contributed by atoms with E-state index in [-0.39, 0.29) is 19.0 Å². The third-order valence-electron chi connectivity index (χ3n) is 5.93. The number of sulfonamides is 1. The molecular formula is C24H27N3O4S. The predicted octanol–water partition coefficient (Wildman–Crippen LogP) is 3.32. The summed E-state index contributed by atoms with van der Waals surface area (Å²) in [7, 11) is -2.00. The molecule has 1 aliphatic rings. The number of ether oxygens (including phenoxy) is 1. The highest BCUT2D eigenvalue weighted by atomic mass is 32.2. The summed E-state index contributed by atoms with van der Waals surface area (Å²) >= 11 is 0.